The van der Waals surface area contributed by atoms with Crippen LogP contribution in [0.25, 0.3) is 0 Å². The monoisotopic (exact) mass is 292 g/mol. The molecule has 2 unspecified atom stereocenters. The first-order valence-electron chi connectivity index (χ1n) is 8.21. The van der Waals surface area contributed by atoms with E-state index in [-0.39, 0.29) is 0 Å². The van der Waals surface area contributed by atoms with Gasteiger partial charge in [0.2, 0.25) is 0 Å². The third kappa shape index (κ3) is 3.84. The molecule has 1 aromatic heterocycles. The summed E-state index contributed by atoms with van der Waals surface area (Å²) in [5, 5.41) is 8.32. The van der Waals surface area contributed by atoms with E-state index in [1.807, 2.05) is 11.3 Å². The minimum absolute atomic E-state index is 0.739. The van der Waals surface area contributed by atoms with Gasteiger partial charge in [0.15, 0.2) is 0 Å². The van der Waals surface area contributed by atoms with Crippen LogP contribution in [-0.4, -0.2) is 36.6 Å². The molecule has 1 aromatic rings. The van der Waals surface area contributed by atoms with Crippen LogP contribution in [0.3, 0.4) is 0 Å². The lowest BCUT2D eigenvalue weighted by atomic mass is 9.97. The Kier molecular flexibility index (Phi) is 4.79. The van der Waals surface area contributed by atoms with E-state index in [1.165, 1.54) is 50.9 Å². The van der Waals surface area contributed by atoms with Crippen LogP contribution in [0.4, 0.5) is 0 Å². The normalized spacial score (nSPS) is 28.1. The quantitative estimate of drug-likeness (QED) is 0.864. The molecule has 2 atom stereocenters. The molecule has 3 heteroatoms. The molecule has 1 aliphatic carbocycles. The molecule has 20 heavy (non-hydrogen) atoms. The minimum Gasteiger partial charge on any atom is -0.311 e. The van der Waals surface area contributed by atoms with E-state index in [2.05, 4.69) is 40.9 Å². The maximum atomic E-state index is 3.82. The second-order valence-corrected chi connectivity index (χ2v) is 7.79. The molecule has 2 fully saturated rings. The number of thiophene rings is 1. The molecule has 0 spiro atoms. The molecular formula is C17H28N2S. The highest BCUT2D eigenvalue weighted by molar-refractivity contribution is 7.07. The summed E-state index contributed by atoms with van der Waals surface area (Å²) in [5.74, 6) is 1.77. The largest absolute Gasteiger partial charge is 0.311 e. The fourth-order valence-electron chi connectivity index (χ4n) is 3.46. The lowest BCUT2D eigenvalue weighted by Crippen LogP contribution is -2.57. The summed E-state index contributed by atoms with van der Waals surface area (Å²) < 4.78 is 0. The van der Waals surface area contributed by atoms with Gasteiger partial charge in [-0.1, -0.05) is 13.8 Å². The second-order valence-electron chi connectivity index (χ2n) is 7.01. The zero-order valence-corrected chi connectivity index (χ0v) is 13.7. The predicted octanol–water partition coefficient (Wildman–Crippen LogP) is 3.39. The second kappa shape index (κ2) is 6.59. The van der Waals surface area contributed by atoms with Crippen molar-refractivity contribution < 1.29 is 0 Å². The Hall–Kier alpha value is -0.380. The standard InChI is InChI=1S/C17H28N2S/c1-13(2)9-16-10-18-17(15-3-4-15)11-19(16)7-5-14-6-8-20-12-14/h6,8,12-13,15-18H,3-5,7,9-11H2,1-2H3. The molecular weight excluding hydrogens is 264 g/mol. The van der Waals surface area contributed by atoms with Gasteiger partial charge in [-0.15, -0.1) is 0 Å². The van der Waals surface area contributed by atoms with Crippen molar-refractivity contribution in [2.45, 2.75) is 51.6 Å². The number of nitrogens with zero attached hydrogens (tertiary/aromatic N) is 1. The van der Waals surface area contributed by atoms with Gasteiger partial charge >= 0.3 is 0 Å². The van der Waals surface area contributed by atoms with Crippen molar-refractivity contribution in [2.75, 3.05) is 19.6 Å². The Labute approximate surface area is 127 Å². The highest BCUT2D eigenvalue weighted by Gasteiger charge is 2.36. The SMILES string of the molecule is CC(C)CC1CNC(C2CC2)CN1CCc1ccsc1. The third-order valence-corrected chi connectivity index (χ3v) is 5.50. The predicted molar refractivity (Wildman–Crippen MR) is 87.4 cm³/mol. The zero-order valence-electron chi connectivity index (χ0n) is 12.8. The smallest absolute Gasteiger partial charge is 0.0224 e. The van der Waals surface area contributed by atoms with Gasteiger partial charge in [-0.25, -0.2) is 0 Å². The molecule has 1 N–H and O–H groups in total. The van der Waals surface area contributed by atoms with Gasteiger partial charge in [-0.3, -0.25) is 4.90 Å². The van der Waals surface area contributed by atoms with E-state index in [1.54, 1.807) is 0 Å². The van der Waals surface area contributed by atoms with Gasteiger partial charge in [-0.05, 0) is 59.9 Å². The van der Waals surface area contributed by atoms with Crippen LogP contribution < -0.4 is 5.32 Å². The highest BCUT2D eigenvalue weighted by atomic mass is 32.1. The third-order valence-electron chi connectivity index (χ3n) is 4.77. The Morgan fingerprint density at radius 2 is 2.25 bits per heavy atom. The van der Waals surface area contributed by atoms with Crippen molar-refractivity contribution in [3.63, 3.8) is 0 Å². The lowest BCUT2D eigenvalue weighted by Gasteiger charge is -2.41. The van der Waals surface area contributed by atoms with Crippen molar-refractivity contribution in [2.24, 2.45) is 11.8 Å². The maximum absolute atomic E-state index is 3.82. The summed E-state index contributed by atoms with van der Waals surface area (Å²) in [6.45, 7) is 8.41. The molecule has 112 valence electrons. The van der Waals surface area contributed by atoms with Gasteiger partial charge in [-0.2, -0.15) is 11.3 Å². The number of hydrogen-bond donors (Lipinski definition) is 1. The van der Waals surface area contributed by atoms with Gasteiger partial charge in [0.1, 0.15) is 0 Å². The maximum Gasteiger partial charge on any atom is 0.0224 e. The number of hydrogen-bond acceptors (Lipinski definition) is 3. The zero-order chi connectivity index (χ0) is 13.9. The Balaban J connectivity index is 1.57. The van der Waals surface area contributed by atoms with Crippen LogP contribution >= 0.6 is 11.3 Å². The van der Waals surface area contributed by atoms with Crippen LogP contribution in [0, 0.1) is 11.8 Å². The first-order chi connectivity index (χ1) is 9.72. The number of nitrogens with one attached hydrogen (secondary N) is 1. The van der Waals surface area contributed by atoms with Crippen LogP contribution in [0.15, 0.2) is 16.8 Å². The van der Waals surface area contributed by atoms with E-state index in [4.69, 9.17) is 0 Å². The molecule has 1 saturated heterocycles. The van der Waals surface area contributed by atoms with Gasteiger partial charge in [0.05, 0.1) is 0 Å². The van der Waals surface area contributed by atoms with Crippen LogP contribution in [-0.2, 0) is 6.42 Å². The van der Waals surface area contributed by atoms with Crippen molar-refractivity contribution in [3.8, 4) is 0 Å². The fraction of sp³-hybridized carbons (Fsp3) is 0.765. The highest BCUT2D eigenvalue weighted by Crippen LogP contribution is 2.34. The minimum atomic E-state index is 0.739. The summed E-state index contributed by atoms with van der Waals surface area (Å²) in [7, 11) is 0. The Morgan fingerprint density at radius 3 is 2.90 bits per heavy atom. The molecule has 2 aliphatic rings. The number of piperazine rings is 1. The Bertz CT molecular complexity index is 397. The average molecular weight is 292 g/mol. The van der Waals surface area contributed by atoms with Crippen molar-refractivity contribution >= 4 is 11.3 Å². The first-order valence-corrected chi connectivity index (χ1v) is 9.15. The summed E-state index contributed by atoms with van der Waals surface area (Å²) >= 11 is 1.82. The molecule has 3 rings (SSSR count). The Morgan fingerprint density at radius 1 is 1.40 bits per heavy atom. The molecule has 2 heterocycles. The van der Waals surface area contributed by atoms with E-state index in [0.717, 1.165) is 23.9 Å². The van der Waals surface area contributed by atoms with Crippen LogP contribution in [0.1, 0.15) is 38.7 Å². The topological polar surface area (TPSA) is 15.3 Å². The van der Waals surface area contributed by atoms with Crippen LogP contribution in [0.5, 0.6) is 0 Å². The summed E-state index contributed by atoms with van der Waals surface area (Å²) in [6.07, 6.45) is 5.44. The average Bonchev–Trinajstić information content (AvgIpc) is 3.14. The molecule has 2 nitrogen and oxygen atoms in total. The fourth-order valence-corrected chi connectivity index (χ4v) is 4.16. The summed E-state index contributed by atoms with van der Waals surface area (Å²) in [6, 6.07) is 3.78. The summed E-state index contributed by atoms with van der Waals surface area (Å²) in [4.78, 5) is 2.77. The molecule has 1 saturated carbocycles. The van der Waals surface area contributed by atoms with Gasteiger partial charge in [0, 0.05) is 31.7 Å². The molecule has 0 amide bonds. The number of rotatable bonds is 6. The lowest BCUT2D eigenvalue weighted by molar-refractivity contribution is 0.108. The van der Waals surface area contributed by atoms with Gasteiger partial charge in [0.25, 0.3) is 0 Å². The molecule has 0 aromatic carbocycles. The van der Waals surface area contributed by atoms with E-state index >= 15 is 0 Å². The molecule has 1 aliphatic heterocycles. The van der Waals surface area contributed by atoms with Crippen molar-refractivity contribution in [3.05, 3.63) is 22.4 Å². The first kappa shape index (κ1) is 14.6. The van der Waals surface area contributed by atoms with E-state index < -0.39 is 0 Å². The summed E-state index contributed by atoms with van der Waals surface area (Å²) in [5.41, 5.74) is 1.51. The van der Waals surface area contributed by atoms with Crippen molar-refractivity contribution in [1.82, 2.24) is 10.2 Å². The molecule has 0 bridgehead atoms. The van der Waals surface area contributed by atoms with E-state index in [9.17, 15) is 0 Å². The van der Waals surface area contributed by atoms with Gasteiger partial charge < -0.3 is 5.32 Å². The molecule has 0 radical (unpaired) electrons. The van der Waals surface area contributed by atoms with E-state index in [0.29, 0.717) is 0 Å². The van der Waals surface area contributed by atoms with Crippen molar-refractivity contribution in [1.29, 1.82) is 0 Å². The van der Waals surface area contributed by atoms with Crippen LogP contribution in [0.2, 0.25) is 0 Å².